The Bertz CT molecular complexity index is 831. The van der Waals surface area contributed by atoms with Crippen LogP contribution in [0.2, 0.25) is 0 Å². The molecule has 4 rings (SSSR count). The molecule has 0 spiro atoms. The third-order valence-corrected chi connectivity index (χ3v) is 5.28. The van der Waals surface area contributed by atoms with Crippen molar-refractivity contribution >= 4 is 11.8 Å². The van der Waals surface area contributed by atoms with Crippen molar-refractivity contribution < 1.29 is 4.74 Å². The maximum atomic E-state index is 5.90. The number of anilines is 1. The lowest BCUT2D eigenvalue weighted by Crippen LogP contribution is -2.25. The van der Waals surface area contributed by atoms with Crippen molar-refractivity contribution in [2.75, 3.05) is 37.7 Å². The second-order valence-electron chi connectivity index (χ2n) is 7.31. The summed E-state index contributed by atoms with van der Waals surface area (Å²) >= 11 is 0. The fraction of sp³-hybridized carbons (Fsp3) is 0.280. The monoisotopic (exact) mass is 372 g/mol. The van der Waals surface area contributed by atoms with Gasteiger partial charge in [0.1, 0.15) is 12.4 Å². The summed E-state index contributed by atoms with van der Waals surface area (Å²) in [6.45, 7) is 5.11. The van der Waals surface area contributed by atoms with Gasteiger partial charge in [0.05, 0.1) is 0 Å². The van der Waals surface area contributed by atoms with E-state index in [2.05, 4.69) is 88.8 Å². The van der Waals surface area contributed by atoms with E-state index in [1.165, 1.54) is 42.8 Å². The number of allylic oxidation sites excluding steroid dienone is 3. The molecule has 0 bridgehead atoms. The van der Waals surface area contributed by atoms with E-state index < -0.39 is 0 Å². The zero-order valence-corrected chi connectivity index (χ0v) is 16.3. The van der Waals surface area contributed by atoms with Gasteiger partial charge in [0.2, 0.25) is 0 Å². The van der Waals surface area contributed by atoms with Crippen LogP contribution in [-0.2, 0) is 0 Å². The summed E-state index contributed by atoms with van der Waals surface area (Å²) in [5, 5.41) is 0. The molecule has 0 saturated carbocycles. The van der Waals surface area contributed by atoms with Gasteiger partial charge in [-0.1, -0.05) is 48.6 Å². The summed E-state index contributed by atoms with van der Waals surface area (Å²) in [5.41, 5.74) is 3.65. The summed E-state index contributed by atoms with van der Waals surface area (Å²) in [6.07, 6.45) is 13.5. The zero-order valence-electron chi connectivity index (χ0n) is 16.3. The van der Waals surface area contributed by atoms with Crippen LogP contribution in [0.3, 0.4) is 0 Å². The van der Waals surface area contributed by atoms with Crippen molar-refractivity contribution in [3.05, 3.63) is 90.2 Å². The summed E-state index contributed by atoms with van der Waals surface area (Å²) in [4.78, 5) is 4.72. The molecule has 2 aromatic rings. The SMILES string of the molecule is C1=CN(c2ccc(OCCN3CCCC3)cc2)CC=C1/C=C/c1ccccc1. The molecule has 1 fully saturated rings. The molecule has 0 amide bonds. The third-order valence-electron chi connectivity index (χ3n) is 5.28. The molecule has 0 unspecified atom stereocenters. The molecule has 0 N–H and O–H groups in total. The molecule has 2 aromatic carbocycles. The summed E-state index contributed by atoms with van der Waals surface area (Å²) in [6, 6.07) is 18.8. The number of hydrogen-bond acceptors (Lipinski definition) is 3. The van der Waals surface area contributed by atoms with Crippen molar-refractivity contribution in [2.24, 2.45) is 0 Å². The second kappa shape index (κ2) is 9.43. The molecule has 2 aliphatic heterocycles. The highest BCUT2D eigenvalue weighted by Gasteiger charge is 2.11. The lowest BCUT2D eigenvalue weighted by molar-refractivity contribution is 0.238. The molecule has 0 radical (unpaired) electrons. The molecule has 1 saturated heterocycles. The van der Waals surface area contributed by atoms with Crippen molar-refractivity contribution in [3.8, 4) is 5.75 Å². The van der Waals surface area contributed by atoms with E-state index in [1.807, 2.05) is 6.07 Å². The maximum absolute atomic E-state index is 5.90. The van der Waals surface area contributed by atoms with Gasteiger partial charge >= 0.3 is 0 Å². The maximum Gasteiger partial charge on any atom is 0.119 e. The van der Waals surface area contributed by atoms with Gasteiger partial charge in [0.25, 0.3) is 0 Å². The molecule has 0 aliphatic carbocycles. The van der Waals surface area contributed by atoms with Crippen LogP contribution in [0.5, 0.6) is 5.75 Å². The number of likely N-dealkylation sites (tertiary alicyclic amines) is 1. The summed E-state index contributed by atoms with van der Waals surface area (Å²) in [7, 11) is 0. The van der Waals surface area contributed by atoms with Gasteiger partial charge in [-0.05, 0) is 67.4 Å². The number of nitrogens with zero attached hydrogens (tertiary/aromatic N) is 2. The van der Waals surface area contributed by atoms with Crippen LogP contribution >= 0.6 is 0 Å². The van der Waals surface area contributed by atoms with Gasteiger partial charge in [-0.2, -0.15) is 0 Å². The molecular formula is C25H28N2O. The minimum atomic E-state index is 0.767. The third kappa shape index (κ3) is 5.14. The summed E-state index contributed by atoms with van der Waals surface area (Å²) in [5.74, 6) is 0.950. The molecule has 0 aromatic heterocycles. The first-order chi connectivity index (χ1) is 13.9. The molecule has 2 aliphatic rings. The Morgan fingerprint density at radius 3 is 2.39 bits per heavy atom. The smallest absolute Gasteiger partial charge is 0.119 e. The normalized spacial score (nSPS) is 17.3. The van der Waals surface area contributed by atoms with Gasteiger partial charge in [-0.15, -0.1) is 0 Å². The van der Waals surface area contributed by atoms with E-state index in [-0.39, 0.29) is 0 Å². The largest absolute Gasteiger partial charge is 0.492 e. The first-order valence-electron chi connectivity index (χ1n) is 10.2. The van der Waals surface area contributed by atoms with E-state index in [9.17, 15) is 0 Å². The van der Waals surface area contributed by atoms with Gasteiger partial charge in [0, 0.05) is 25.0 Å². The molecule has 2 heterocycles. The van der Waals surface area contributed by atoms with Crippen LogP contribution in [0.1, 0.15) is 18.4 Å². The quantitative estimate of drug-likeness (QED) is 0.670. The van der Waals surface area contributed by atoms with E-state index in [0.29, 0.717) is 0 Å². The van der Waals surface area contributed by atoms with Crippen LogP contribution in [0.4, 0.5) is 5.69 Å². The van der Waals surface area contributed by atoms with Crippen molar-refractivity contribution in [1.29, 1.82) is 0 Å². The van der Waals surface area contributed by atoms with Gasteiger partial charge in [-0.25, -0.2) is 0 Å². The highest BCUT2D eigenvalue weighted by molar-refractivity contribution is 5.58. The van der Waals surface area contributed by atoms with E-state index in [4.69, 9.17) is 4.74 Å². The Morgan fingerprint density at radius 1 is 0.893 bits per heavy atom. The number of hydrogen-bond donors (Lipinski definition) is 0. The van der Waals surface area contributed by atoms with E-state index in [1.54, 1.807) is 0 Å². The van der Waals surface area contributed by atoms with Gasteiger partial charge in [-0.3, -0.25) is 4.90 Å². The summed E-state index contributed by atoms with van der Waals surface area (Å²) < 4.78 is 5.90. The number of ether oxygens (including phenoxy) is 1. The van der Waals surface area contributed by atoms with Crippen LogP contribution in [-0.4, -0.2) is 37.7 Å². The molecule has 144 valence electrons. The second-order valence-corrected chi connectivity index (χ2v) is 7.31. The minimum absolute atomic E-state index is 0.767. The predicted molar refractivity (Wildman–Crippen MR) is 118 cm³/mol. The van der Waals surface area contributed by atoms with Crippen molar-refractivity contribution in [2.45, 2.75) is 12.8 Å². The average molecular weight is 373 g/mol. The van der Waals surface area contributed by atoms with Crippen LogP contribution in [0, 0.1) is 0 Å². The number of benzene rings is 2. The van der Waals surface area contributed by atoms with Crippen LogP contribution < -0.4 is 9.64 Å². The van der Waals surface area contributed by atoms with Crippen molar-refractivity contribution in [1.82, 2.24) is 4.90 Å². The highest BCUT2D eigenvalue weighted by atomic mass is 16.5. The van der Waals surface area contributed by atoms with Crippen molar-refractivity contribution in [3.63, 3.8) is 0 Å². The molecule has 3 heteroatoms. The number of rotatable bonds is 7. The Kier molecular flexibility index (Phi) is 6.25. The average Bonchev–Trinajstić information content (AvgIpc) is 3.28. The molecule has 28 heavy (non-hydrogen) atoms. The predicted octanol–water partition coefficient (Wildman–Crippen LogP) is 5.13. The topological polar surface area (TPSA) is 15.7 Å². The van der Waals surface area contributed by atoms with Crippen LogP contribution in [0.25, 0.3) is 6.08 Å². The van der Waals surface area contributed by atoms with E-state index in [0.717, 1.165) is 25.4 Å². The zero-order chi connectivity index (χ0) is 19.0. The Labute approximate surface area is 168 Å². The molecular weight excluding hydrogens is 344 g/mol. The van der Waals surface area contributed by atoms with Gasteiger partial charge < -0.3 is 9.64 Å². The fourth-order valence-electron chi connectivity index (χ4n) is 3.61. The first kappa shape index (κ1) is 18.6. The highest BCUT2D eigenvalue weighted by Crippen LogP contribution is 2.22. The van der Waals surface area contributed by atoms with E-state index >= 15 is 0 Å². The fourth-order valence-corrected chi connectivity index (χ4v) is 3.61. The molecule has 3 nitrogen and oxygen atoms in total. The van der Waals surface area contributed by atoms with Gasteiger partial charge in [0.15, 0.2) is 0 Å². The Morgan fingerprint density at radius 2 is 1.68 bits per heavy atom. The lowest BCUT2D eigenvalue weighted by atomic mass is 10.1. The first-order valence-corrected chi connectivity index (χ1v) is 10.2. The molecule has 0 atom stereocenters. The van der Waals surface area contributed by atoms with Crippen LogP contribution in [0.15, 0.2) is 84.6 Å². The Hall–Kier alpha value is -2.78. The Balaban J connectivity index is 1.26. The lowest BCUT2D eigenvalue weighted by Gasteiger charge is -2.22. The standard InChI is InChI=1S/C25H28N2O/c1-2-6-22(7-3-1)8-9-23-14-18-27(19-15-23)24-10-12-25(13-11-24)28-21-20-26-16-4-5-17-26/h1-3,6-15,18H,4-5,16-17,19-21H2/b9-8+. The minimum Gasteiger partial charge on any atom is -0.492 e.